The van der Waals surface area contributed by atoms with Crippen molar-refractivity contribution >= 4 is 16.7 Å². The number of para-hydroxylation sites is 1. The van der Waals surface area contributed by atoms with Crippen LogP contribution < -0.4 is 9.46 Å². The standard InChI is InChI=1S/C16H14F3NO3S.C10H11N3.C2H6/c17-16(18,19)24(22)20-13-4-2-1-3-11(13)10-5-6-12-14(21)7-8-23-15(12)9-10;1-8-3-4-9(5-11-8)10-6-12-13(2)7-10;1-2/h1-6,9,14,20-21H,7-8H2;3-7H,1-2H3;1-2H3. The van der Waals surface area contributed by atoms with Crippen molar-refractivity contribution < 1.29 is 27.2 Å². The molecule has 11 heteroatoms. The molecule has 39 heavy (non-hydrogen) atoms. The zero-order valence-electron chi connectivity index (χ0n) is 22.1. The van der Waals surface area contributed by atoms with Gasteiger partial charge in [0, 0.05) is 53.8 Å². The van der Waals surface area contributed by atoms with E-state index in [2.05, 4.69) is 16.1 Å². The van der Waals surface area contributed by atoms with E-state index in [0.29, 0.717) is 35.5 Å². The number of pyridine rings is 1. The summed E-state index contributed by atoms with van der Waals surface area (Å²) in [5.41, 5.74) is 0.211. The van der Waals surface area contributed by atoms with Gasteiger partial charge in [-0.1, -0.05) is 50.2 Å². The quantitative estimate of drug-likeness (QED) is 0.294. The van der Waals surface area contributed by atoms with Gasteiger partial charge in [0.15, 0.2) is 0 Å². The first-order chi connectivity index (χ1) is 18.6. The average Bonchev–Trinajstić information content (AvgIpc) is 3.36. The summed E-state index contributed by atoms with van der Waals surface area (Å²) in [6, 6.07) is 15.4. The molecule has 7 nitrogen and oxygen atoms in total. The monoisotopic (exact) mass is 560 g/mol. The maximum atomic E-state index is 12.5. The molecule has 0 aliphatic carbocycles. The van der Waals surface area contributed by atoms with Crippen LogP contribution in [0.1, 0.15) is 37.6 Å². The van der Waals surface area contributed by atoms with Crippen molar-refractivity contribution in [2.24, 2.45) is 7.05 Å². The van der Waals surface area contributed by atoms with E-state index < -0.39 is 22.6 Å². The number of nitrogens with one attached hydrogen (secondary N) is 1. The van der Waals surface area contributed by atoms with Crippen LogP contribution in [0.3, 0.4) is 0 Å². The molecule has 0 radical (unpaired) electrons. The predicted octanol–water partition coefficient (Wildman–Crippen LogP) is 6.58. The minimum absolute atomic E-state index is 0.101. The number of rotatable bonds is 4. The lowest BCUT2D eigenvalue weighted by molar-refractivity contribution is -0.0379. The number of fused-ring (bicyclic) bond motifs is 1. The van der Waals surface area contributed by atoms with Gasteiger partial charge < -0.3 is 9.84 Å². The van der Waals surface area contributed by atoms with Crippen LogP contribution >= 0.6 is 0 Å². The summed E-state index contributed by atoms with van der Waals surface area (Å²) in [4.78, 5) is 4.23. The highest BCUT2D eigenvalue weighted by atomic mass is 32.2. The SMILES string of the molecule is CC.Cc1ccc(-c2cnn(C)c2)cn1.O=S(Nc1ccccc1-c1ccc2c(c1)OCCC2O)C(F)(F)F. The maximum absolute atomic E-state index is 12.5. The zero-order valence-corrected chi connectivity index (χ0v) is 22.9. The van der Waals surface area contributed by atoms with Gasteiger partial charge in [0.1, 0.15) is 5.75 Å². The van der Waals surface area contributed by atoms with Gasteiger partial charge in [-0.2, -0.15) is 18.3 Å². The number of alkyl halides is 3. The van der Waals surface area contributed by atoms with Crippen LogP contribution in [-0.4, -0.2) is 36.2 Å². The Morgan fingerprint density at radius 3 is 2.41 bits per heavy atom. The molecule has 0 spiro atoms. The highest BCUT2D eigenvalue weighted by molar-refractivity contribution is 7.87. The van der Waals surface area contributed by atoms with E-state index in [1.54, 1.807) is 41.1 Å². The fourth-order valence-electron chi connectivity index (χ4n) is 3.73. The average molecular weight is 561 g/mol. The third-order valence-electron chi connectivity index (χ3n) is 5.62. The van der Waals surface area contributed by atoms with Crippen LogP contribution in [0.2, 0.25) is 0 Å². The Morgan fingerprint density at radius 2 is 1.77 bits per heavy atom. The van der Waals surface area contributed by atoms with E-state index in [9.17, 15) is 22.5 Å². The minimum atomic E-state index is -4.85. The van der Waals surface area contributed by atoms with Gasteiger partial charge in [0.05, 0.1) is 24.6 Å². The number of aromatic nitrogens is 3. The van der Waals surface area contributed by atoms with E-state index in [0.717, 1.165) is 16.8 Å². The van der Waals surface area contributed by atoms with Crippen LogP contribution in [0.5, 0.6) is 5.75 Å². The Bertz CT molecular complexity index is 1390. The summed E-state index contributed by atoms with van der Waals surface area (Å²) in [5, 5.41) is 14.0. The Balaban J connectivity index is 0.000000236. The third kappa shape index (κ3) is 7.90. The van der Waals surface area contributed by atoms with E-state index in [4.69, 9.17) is 4.74 Å². The molecule has 5 rings (SSSR count). The second-order valence-corrected chi connectivity index (χ2v) is 9.56. The molecule has 0 fully saturated rings. The summed E-state index contributed by atoms with van der Waals surface area (Å²) < 4.78 is 58.2. The topological polar surface area (TPSA) is 89.3 Å². The molecule has 3 heterocycles. The van der Waals surface area contributed by atoms with Gasteiger partial charge in [-0.3, -0.25) is 14.4 Å². The molecule has 208 valence electrons. The summed E-state index contributed by atoms with van der Waals surface area (Å²) >= 11 is 0. The van der Waals surface area contributed by atoms with Crippen molar-refractivity contribution in [3.05, 3.63) is 84.4 Å². The number of halogens is 3. The van der Waals surface area contributed by atoms with Gasteiger partial charge in [0.25, 0.3) is 0 Å². The molecule has 2 N–H and O–H groups in total. The lowest BCUT2D eigenvalue weighted by Gasteiger charge is -2.23. The fourth-order valence-corrected chi connectivity index (χ4v) is 4.22. The minimum Gasteiger partial charge on any atom is -0.493 e. The normalized spacial score (nSPS) is 14.9. The number of aliphatic hydroxyl groups excluding tert-OH is 1. The van der Waals surface area contributed by atoms with Crippen LogP contribution in [0, 0.1) is 6.92 Å². The summed E-state index contributed by atoms with van der Waals surface area (Å²) in [6.45, 7) is 6.35. The Kier molecular flexibility index (Phi) is 10.2. The first kappa shape index (κ1) is 29.9. The van der Waals surface area contributed by atoms with Crippen LogP contribution in [-0.2, 0) is 18.0 Å². The van der Waals surface area contributed by atoms with E-state index in [-0.39, 0.29) is 5.69 Å². The fraction of sp³-hybridized carbons (Fsp3) is 0.286. The Morgan fingerprint density at radius 1 is 1.05 bits per heavy atom. The van der Waals surface area contributed by atoms with E-state index in [1.165, 1.54) is 6.07 Å². The second kappa shape index (κ2) is 13.4. The van der Waals surface area contributed by atoms with Crippen molar-refractivity contribution in [3.8, 4) is 28.0 Å². The van der Waals surface area contributed by atoms with Crippen molar-refractivity contribution in [2.45, 2.75) is 38.8 Å². The highest BCUT2D eigenvalue weighted by Crippen LogP contribution is 2.38. The van der Waals surface area contributed by atoms with Gasteiger partial charge >= 0.3 is 5.51 Å². The van der Waals surface area contributed by atoms with E-state index >= 15 is 0 Å². The molecule has 2 atom stereocenters. The summed E-state index contributed by atoms with van der Waals surface area (Å²) in [5.74, 6) is 0.498. The second-order valence-electron chi connectivity index (χ2n) is 8.36. The number of ether oxygens (including phenoxy) is 1. The molecule has 0 saturated carbocycles. The molecule has 0 amide bonds. The van der Waals surface area contributed by atoms with Crippen molar-refractivity contribution in [1.29, 1.82) is 0 Å². The molecule has 2 aromatic carbocycles. The van der Waals surface area contributed by atoms with Crippen LogP contribution in [0.25, 0.3) is 22.3 Å². The van der Waals surface area contributed by atoms with Crippen molar-refractivity contribution in [1.82, 2.24) is 14.8 Å². The number of aryl methyl sites for hydroxylation is 2. The van der Waals surface area contributed by atoms with Crippen molar-refractivity contribution in [2.75, 3.05) is 11.3 Å². The highest BCUT2D eigenvalue weighted by Gasteiger charge is 2.37. The van der Waals surface area contributed by atoms with Gasteiger partial charge in [0.2, 0.25) is 11.0 Å². The number of anilines is 1. The number of nitrogens with zero attached hydrogens (tertiary/aromatic N) is 3. The smallest absolute Gasteiger partial charge is 0.490 e. The predicted molar refractivity (Wildman–Crippen MR) is 147 cm³/mol. The first-order valence-electron chi connectivity index (χ1n) is 12.3. The first-order valence-corrected chi connectivity index (χ1v) is 13.5. The van der Waals surface area contributed by atoms with Crippen LogP contribution in [0.15, 0.2) is 73.2 Å². The lowest BCUT2D eigenvalue weighted by atomic mass is 9.97. The van der Waals surface area contributed by atoms with Gasteiger partial charge in [-0.25, -0.2) is 4.21 Å². The third-order valence-corrected chi connectivity index (χ3v) is 6.45. The lowest BCUT2D eigenvalue weighted by Crippen LogP contribution is -2.23. The van der Waals surface area contributed by atoms with Gasteiger partial charge in [-0.15, -0.1) is 0 Å². The van der Waals surface area contributed by atoms with Crippen molar-refractivity contribution in [3.63, 3.8) is 0 Å². The zero-order chi connectivity index (χ0) is 28.6. The van der Waals surface area contributed by atoms with Crippen LogP contribution in [0.4, 0.5) is 18.9 Å². The molecule has 2 aromatic heterocycles. The number of hydrogen-bond donors (Lipinski definition) is 2. The molecule has 4 aromatic rings. The molecule has 1 aliphatic rings. The largest absolute Gasteiger partial charge is 0.493 e. The van der Waals surface area contributed by atoms with E-state index in [1.807, 2.05) is 57.2 Å². The summed E-state index contributed by atoms with van der Waals surface area (Å²) in [6.07, 6.45) is 5.56. The molecular formula is C28H31F3N4O3S. The van der Waals surface area contributed by atoms with Gasteiger partial charge in [-0.05, 0) is 30.7 Å². The molecule has 1 aliphatic heterocycles. The summed E-state index contributed by atoms with van der Waals surface area (Å²) in [7, 11) is -1.29. The maximum Gasteiger partial charge on any atom is 0.490 e. The number of benzene rings is 2. The molecule has 0 bridgehead atoms. The molecular weight excluding hydrogens is 529 g/mol. The number of aliphatic hydroxyl groups is 1. The number of hydrogen-bond acceptors (Lipinski definition) is 5. The molecule has 2 unspecified atom stereocenters. The molecule has 0 saturated heterocycles. The Labute approximate surface area is 228 Å². The Hall–Kier alpha value is -3.70.